The van der Waals surface area contributed by atoms with Gasteiger partial charge in [0.1, 0.15) is 0 Å². The Labute approximate surface area is 94.7 Å². The Morgan fingerprint density at radius 1 is 1.44 bits per heavy atom. The van der Waals surface area contributed by atoms with Crippen LogP contribution in [0.3, 0.4) is 0 Å². The van der Waals surface area contributed by atoms with Crippen LogP contribution in [0.2, 0.25) is 0 Å². The number of aliphatic carboxylic acids is 1. The zero-order chi connectivity index (χ0) is 12.1. The quantitative estimate of drug-likeness (QED) is 0.616. The second-order valence-electron chi connectivity index (χ2n) is 3.94. The lowest BCUT2D eigenvalue weighted by Gasteiger charge is -2.12. The van der Waals surface area contributed by atoms with Gasteiger partial charge in [0.05, 0.1) is 0 Å². The number of carbonyl (C=O) groups is 1. The van der Waals surface area contributed by atoms with Gasteiger partial charge in [0.15, 0.2) is 12.4 Å². The molecule has 0 radical (unpaired) electrons. The summed E-state index contributed by atoms with van der Waals surface area (Å²) in [5.74, 6) is -0.181. The zero-order valence-electron chi connectivity index (χ0n) is 9.69. The van der Waals surface area contributed by atoms with Crippen molar-refractivity contribution in [1.82, 2.24) is 0 Å². The molecule has 1 rings (SSSR count). The lowest BCUT2D eigenvalue weighted by atomic mass is 10.0. The maximum absolute atomic E-state index is 10.3. The van der Waals surface area contributed by atoms with Crippen molar-refractivity contribution >= 4 is 5.97 Å². The Kier molecular flexibility index (Phi) is 4.31. The Morgan fingerprint density at radius 3 is 2.69 bits per heavy atom. The van der Waals surface area contributed by atoms with E-state index in [-0.39, 0.29) is 0 Å². The standard InChI is InChI=1S/C12H16O4/c1-8(2)10-5-4-9(3)6-11(10)16-15-7-12(13)14/h4-6,8H,7H2,1-3H3,(H,13,14). The van der Waals surface area contributed by atoms with Gasteiger partial charge in [-0.2, -0.15) is 4.89 Å². The van der Waals surface area contributed by atoms with Crippen LogP contribution < -0.4 is 4.89 Å². The van der Waals surface area contributed by atoms with E-state index in [4.69, 9.17) is 9.99 Å². The normalized spacial score (nSPS) is 10.5. The summed E-state index contributed by atoms with van der Waals surface area (Å²) in [5.41, 5.74) is 2.04. The lowest BCUT2D eigenvalue weighted by Crippen LogP contribution is -2.10. The van der Waals surface area contributed by atoms with E-state index in [2.05, 4.69) is 4.89 Å². The topological polar surface area (TPSA) is 55.8 Å². The molecular formula is C12H16O4. The molecule has 0 aliphatic heterocycles. The average molecular weight is 224 g/mol. The van der Waals surface area contributed by atoms with Gasteiger partial charge in [-0.1, -0.05) is 26.0 Å². The van der Waals surface area contributed by atoms with E-state index in [1.54, 1.807) is 0 Å². The summed E-state index contributed by atoms with van der Waals surface area (Å²) in [7, 11) is 0. The molecule has 4 heteroatoms. The van der Waals surface area contributed by atoms with E-state index in [9.17, 15) is 4.79 Å². The van der Waals surface area contributed by atoms with Crippen molar-refractivity contribution < 1.29 is 19.7 Å². The van der Waals surface area contributed by atoms with Gasteiger partial charge in [-0.3, -0.25) is 0 Å². The molecule has 1 N–H and O–H groups in total. The summed E-state index contributed by atoms with van der Waals surface area (Å²) in [6.45, 7) is 5.54. The van der Waals surface area contributed by atoms with Gasteiger partial charge in [0.2, 0.25) is 0 Å². The summed E-state index contributed by atoms with van der Waals surface area (Å²) < 4.78 is 0. The van der Waals surface area contributed by atoms with Crippen molar-refractivity contribution in [1.29, 1.82) is 0 Å². The van der Waals surface area contributed by atoms with Crippen molar-refractivity contribution in [2.24, 2.45) is 0 Å². The summed E-state index contributed by atoms with van der Waals surface area (Å²) in [5, 5.41) is 8.42. The molecule has 1 aromatic carbocycles. The smallest absolute Gasteiger partial charge is 0.334 e. The lowest BCUT2D eigenvalue weighted by molar-refractivity contribution is -0.214. The predicted molar refractivity (Wildman–Crippen MR) is 59.5 cm³/mol. The van der Waals surface area contributed by atoms with Crippen LogP contribution in [0.15, 0.2) is 18.2 Å². The number of benzene rings is 1. The fourth-order valence-electron chi connectivity index (χ4n) is 1.33. The molecule has 0 unspecified atom stereocenters. The second kappa shape index (κ2) is 5.51. The maximum atomic E-state index is 10.3. The average Bonchev–Trinajstić information content (AvgIpc) is 2.16. The number of aryl methyl sites for hydroxylation is 1. The molecule has 0 spiro atoms. The van der Waals surface area contributed by atoms with Crippen molar-refractivity contribution in [3.8, 4) is 5.75 Å². The van der Waals surface area contributed by atoms with E-state index in [1.807, 2.05) is 39.0 Å². The third kappa shape index (κ3) is 3.55. The van der Waals surface area contributed by atoms with E-state index in [1.165, 1.54) is 0 Å². The summed E-state index contributed by atoms with van der Waals surface area (Å²) in [6.07, 6.45) is 0. The fourth-order valence-corrected chi connectivity index (χ4v) is 1.33. The van der Waals surface area contributed by atoms with E-state index < -0.39 is 12.6 Å². The largest absolute Gasteiger partial charge is 0.479 e. The Balaban J connectivity index is 2.76. The second-order valence-corrected chi connectivity index (χ2v) is 3.94. The molecule has 0 saturated heterocycles. The molecule has 0 amide bonds. The van der Waals surface area contributed by atoms with Crippen LogP contribution >= 0.6 is 0 Å². The number of hydrogen-bond acceptors (Lipinski definition) is 3. The fraction of sp³-hybridized carbons (Fsp3) is 0.417. The summed E-state index contributed by atoms with van der Waals surface area (Å²) in [4.78, 5) is 19.9. The Bertz CT molecular complexity index is 371. The van der Waals surface area contributed by atoms with Crippen molar-refractivity contribution in [2.75, 3.05) is 6.61 Å². The van der Waals surface area contributed by atoms with Crippen LogP contribution in [0.25, 0.3) is 0 Å². The monoisotopic (exact) mass is 224 g/mol. The predicted octanol–water partition coefficient (Wildman–Crippen LogP) is 2.51. The molecule has 16 heavy (non-hydrogen) atoms. The zero-order valence-corrected chi connectivity index (χ0v) is 9.69. The molecule has 0 bridgehead atoms. The van der Waals surface area contributed by atoms with Crippen molar-refractivity contribution in [2.45, 2.75) is 26.7 Å². The van der Waals surface area contributed by atoms with E-state index in [0.717, 1.165) is 11.1 Å². The highest BCUT2D eigenvalue weighted by molar-refractivity contribution is 5.67. The molecule has 0 aliphatic rings. The minimum absolute atomic E-state index is 0.295. The summed E-state index contributed by atoms with van der Waals surface area (Å²) in [6, 6.07) is 5.77. The number of rotatable bonds is 5. The van der Waals surface area contributed by atoms with Crippen LogP contribution in [0, 0.1) is 6.92 Å². The van der Waals surface area contributed by atoms with Crippen LogP contribution in [0.4, 0.5) is 0 Å². The third-order valence-electron chi connectivity index (χ3n) is 2.12. The molecule has 1 aromatic rings. The minimum atomic E-state index is -1.06. The van der Waals surface area contributed by atoms with E-state index in [0.29, 0.717) is 11.7 Å². The molecule has 4 nitrogen and oxygen atoms in total. The van der Waals surface area contributed by atoms with Gasteiger partial charge in [0, 0.05) is 5.56 Å². The van der Waals surface area contributed by atoms with Crippen molar-refractivity contribution in [3.63, 3.8) is 0 Å². The van der Waals surface area contributed by atoms with E-state index >= 15 is 0 Å². The first-order valence-electron chi connectivity index (χ1n) is 5.12. The summed E-state index contributed by atoms with van der Waals surface area (Å²) >= 11 is 0. The van der Waals surface area contributed by atoms with Gasteiger partial charge >= 0.3 is 5.97 Å². The number of hydrogen-bond donors (Lipinski definition) is 1. The van der Waals surface area contributed by atoms with Gasteiger partial charge in [0.25, 0.3) is 0 Å². The first-order chi connectivity index (χ1) is 7.50. The molecule has 0 atom stereocenters. The molecule has 0 aromatic heterocycles. The van der Waals surface area contributed by atoms with Gasteiger partial charge in [-0.25, -0.2) is 4.79 Å². The number of carboxylic acids is 1. The van der Waals surface area contributed by atoms with Gasteiger partial charge in [-0.05, 0) is 24.5 Å². The maximum Gasteiger partial charge on any atom is 0.334 e. The van der Waals surface area contributed by atoms with Crippen molar-refractivity contribution in [3.05, 3.63) is 29.3 Å². The van der Waals surface area contributed by atoms with Crippen LogP contribution in [0.5, 0.6) is 5.75 Å². The molecule has 0 heterocycles. The van der Waals surface area contributed by atoms with Gasteiger partial charge in [-0.15, -0.1) is 0 Å². The Hall–Kier alpha value is -1.55. The SMILES string of the molecule is Cc1ccc(C(C)C)c(OOCC(=O)O)c1. The van der Waals surface area contributed by atoms with Crippen LogP contribution in [-0.4, -0.2) is 17.7 Å². The van der Waals surface area contributed by atoms with Crippen LogP contribution in [-0.2, 0) is 9.68 Å². The highest BCUT2D eigenvalue weighted by Crippen LogP contribution is 2.27. The molecule has 0 fully saturated rings. The van der Waals surface area contributed by atoms with Crippen LogP contribution in [0.1, 0.15) is 30.9 Å². The third-order valence-corrected chi connectivity index (χ3v) is 2.12. The van der Waals surface area contributed by atoms with Gasteiger partial charge < -0.3 is 9.99 Å². The minimum Gasteiger partial charge on any atom is -0.479 e. The highest BCUT2D eigenvalue weighted by atomic mass is 17.2. The molecular weight excluding hydrogens is 208 g/mol. The first-order valence-corrected chi connectivity index (χ1v) is 5.12. The first kappa shape index (κ1) is 12.5. The molecule has 88 valence electrons. The number of carboxylic acid groups (broad SMARTS) is 1. The molecule has 0 saturated carbocycles. The Morgan fingerprint density at radius 2 is 2.12 bits per heavy atom. The highest BCUT2D eigenvalue weighted by Gasteiger charge is 2.09. The molecule has 0 aliphatic carbocycles.